The molecule has 2 amide bonds. The average Bonchev–Trinajstić information content (AvgIpc) is 3.09. The number of nitrogens with zero attached hydrogens (tertiary/aromatic N) is 2. The van der Waals surface area contributed by atoms with E-state index in [0.29, 0.717) is 13.0 Å². The number of piperidine rings is 1. The van der Waals surface area contributed by atoms with Gasteiger partial charge in [-0.1, -0.05) is 6.92 Å². The van der Waals surface area contributed by atoms with E-state index in [4.69, 9.17) is 0 Å². The molecule has 3 rings (SSSR count). The van der Waals surface area contributed by atoms with E-state index in [0.717, 1.165) is 43.5 Å². The van der Waals surface area contributed by atoms with Gasteiger partial charge in [0.15, 0.2) is 9.84 Å². The van der Waals surface area contributed by atoms with E-state index in [1.165, 1.54) is 6.92 Å². The maximum absolute atomic E-state index is 12.7. The fourth-order valence-corrected chi connectivity index (χ4v) is 5.41. The van der Waals surface area contributed by atoms with Gasteiger partial charge >= 0.3 is 0 Å². The second-order valence-corrected chi connectivity index (χ2v) is 9.53. The van der Waals surface area contributed by atoms with Crippen molar-refractivity contribution >= 4 is 27.3 Å². The first-order valence-electron chi connectivity index (χ1n) is 9.76. The zero-order valence-electron chi connectivity index (χ0n) is 16.1. The zero-order valence-corrected chi connectivity index (χ0v) is 16.9. The Morgan fingerprint density at radius 1 is 1.19 bits per heavy atom. The number of carbonyl (C=O) groups excluding carboxylic acids is 2. The van der Waals surface area contributed by atoms with Crippen LogP contribution in [0.15, 0.2) is 23.1 Å². The number of carbonyl (C=O) groups is 2. The molecule has 2 heterocycles. The van der Waals surface area contributed by atoms with Crippen molar-refractivity contribution in [3.63, 3.8) is 0 Å². The van der Waals surface area contributed by atoms with Crippen LogP contribution in [-0.2, 0) is 25.8 Å². The van der Waals surface area contributed by atoms with Gasteiger partial charge in [-0.05, 0) is 55.9 Å². The normalized spacial score (nSPS) is 19.9. The molecule has 0 radical (unpaired) electrons. The summed E-state index contributed by atoms with van der Waals surface area (Å²) in [5.41, 5.74) is 1.66. The van der Waals surface area contributed by atoms with E-state index < -0.39 is 9.84 Å². The van der Waals surface area contributed by atoms with Crippen molar-refractivity contribution in [1.29, 1.82) is 0 Å². The number of hydrogen-bond acceptors (Lipinski definition) is 4. The number of likely N-dealkylation sites (tertiary alicyclic amines) is 1. The van der Waals surface area contributed by atoms with E-state index >= 15 is 0 Å². The van der Waals surface area contributed by atoms with E-state index in [-0.39, 0.29) is 34.9 Å². The third-order valence-corrected chi connectivity index (χ3v) is 7.40. The fraction of sp³-hybridized carbons (Fsp3) is 0.600. The SMILES string of the molecule is CC[C@H]1CCCCN1C(=O)CCS(=O)(=O)c1ccc2c(c1)CCN2C(C)=O. The Balaban J connectivity index is 1.68. The predicted octanol–water partition coefficient (Wildman–Crippen LogP) is 2.55. The van der Waals surface area contributed by atoms with Crippen molar-refractivity contribution in [3.05, 3.63) is 23.8 Å². The van der Waals surface area contributed by atoms with Gasteiger partial charge in [0.1, 0.15) is 0 Å². The second-order valence-electron chi connectivity index (χ2n) is 7.43. The highest BCUT2D eigenvalue weighted by Gasteiger charge is 2.28. The summed E-state index contributed by atoms with van der Waals surface area (Å²) in [6, 6.07) is 5.16. The number of sulfone groups is 1. The number of anilines is 1. The van der Waals surface area contributed by atoms with Crippen LogP contribution in [0.25, 0.3) is 0 Å². The third kappa shape index (κ3) is 4.18. The summed E-state index contributed by atoms with van der Waals surface area (Å²) < 4.78 is 25.5. The third-order valence-electron chi connectivity index (χ3n) is 5.69. The molecule has 0 unspecified atom stereocenters. The lowest BCUT2D eigenvalue weighted by Gasteiger charge is -2.35. The molecule has 1 saturated heterocycles. The standard InChI is InChI=1S/C20H28N2O4S/c1-3-17-6-4-5-11-22(17)20(24)10-13-27(25,26)18-7-8-19-16(14-18)9-12-21(19)15(2)23/h7-8,14,17H,3-6,9-13H2,1-2H3/t17-/m0/s1. The van der Waals surface area contributed by atoms with Crippen molar-refractivity contribution in [2.45, 2.75) is 63.3 Å². The van der Waals surface area contributed by atoms with Gasteiger partial charge in [-0.15, -0.1) is 0 Å². The molecule has 1 aromatic carbocycles. The minimum Gasteiger partial charge on any atom is -0.340 e. The molecule has 1 fully saturated rings. The molecule has 0 aromatic heterocycles. The van der Waals surface area contributed by atoms with Gasteiger partial charge in [0.05, 0.1) is 10.6 Å². The Bertz CT molecular complexity index is 834. The molecule has 6 nitrogen and oxygen atoms in total. The van der Waals surface area contributed by atoms with Gasteiger partial charge in [0.2, 0.25) is 11.8 Å². The molecule has 1 aromatic rings. The Labute approximate surface area is 161 Å². The highest BCUT2D eigenvalue weighted by Crippen LogP contribution is 2.30. The minimum absolute atomic E-state index is 0.0233. The van der Waals surface area contributed by atoms with Crippen molar-refractivity contribution in [1.82, 2.24) is 4.90 Å². The quantitative estimate of drug-likeness (QED) is 0.772. The molecule has 2 aliphatic heterocycles. The van der Waals surface area contributed by atoms with E-state index in [9.17, 15) is 18.0 Å². The molecular formula is C20H28N2O4S. The van der Waals surface area contributed by atoms with Gasteiger partial charge in [-0.25, -0.2) is 8.42 Å². The molecule has 1 atom stereocenters. The van der Waals surface area contributed by atoms with Crippen LogP contribution in [-0.4, -0.2) is 50.0 Å². The van der Waals surface area contributed by atoms with E-state index in [1.54, 1.807) is 23.1 Å². The molecule has 2 aliphatic rings. The molecule has 0 aliphatic carbocycles. The van der Waals surface area contributed by atoms with Crippen molar-refractivity contribution in [3.8, 4) is 0 Å². The van der Waals surface area contributed by atoms with Gasteiger partial charge in [-0.3, -0.25) is 9.59 Å². The maximum Gasteiger partial charge on any atom is 0.223 e. The zero-order chi connectivity index (χ0) is 19.6. The van der Waals surface area contributed by atoms with Crippen LogP contribution < -0.4 is 4.90 Å². The lowest BCUT2D eigenvalue weighted by Crippen LogP contribution is -2.43. The highest BCUT2D eigenvalue weighted by atomic mass is 32.2. The van der Waals surface area contributed by atoms with E-state index in [1.807, 2.05) is 4.90 Å². The monoisotopic (exact) mass is 392 g/mol. The number of amides is 2. The lowest BCUT2D eigenvalue weighted by atomic mass is 10.00. The van der Waals surface area contributed by atoms with Crippen LogP contribution >= 0.6 is 0 Å². The molecule has 0 bridgehead atoms. The fourth-order valence-electron chi connectivity index (χ4n) is 4.14. The van der Waals surface area contributed by atoms with Gasteiger partial charge in [0.25, 0.3) is 0 Å². The minimum atomic E-state index is -3.53. The Morgan fingerprint density at radius 3 is 2.67 bits per heavy atom. The molecule has 7 heteroatoms. The van der Waals surface area contributed by atoms with Crippen LogP contribution in [0.5, 0.6) is 0 Å². The maximum atomic E-state index is 12.7. The van der Waals surface area contributed by atoms with Crippen molar-refractivity contribution in [2.75, 3.05) is 23.7 Å². The summed E-state index contributed by atoms with van der Waals surface area (Å²) in [4.78, 5) is 28.0. The summed E-state index contributed by atoms with van der Waals surface area (Å²) in [5.74, 6) is -0.274. The Morgan fingerprint density at radius 2 is 1.96 bits per heavy atom. The molecule has 0 spiro atoms. The molecular weight excluding hydrogens is 364 g/mol. The predicted molar refractivity (Wildman–Crippen MR) is 104 cm³/mol. The number of fused-ring (bicyclic) bond motifs is 1. The van der Waals surface area contributed by atoms with Gasteiger partial charge in [0, 0.05) is 38.2 Å². The topological polar surface area (TPSA) is 74.8 Å². The molecule has 0 saturated carbocycles. The average molecular weight is 393 g/mol. The van der Waals surface area contributed by atoms with Crippen LogP contribution in [0, 0.1) is 0 Å². The summed E-state index contributed by atoms with van der Waals surface area (Å²) in [6.45, 7) is 4.90. The van der Waals surface area contributed by atoms with Crippen molar-refractivity contribution < 1.29 is 18.0 Å². The first-order chi connectivity index (χ1) is 12.8. The largest absolute Gasteiger partial charge is 0.340 e. The van der Waals surface area contributed by atoms with Crippen LogP contribution in [0.1, 0.15) is 51.5 Å². The van der Waals surface area contributed by atoms with Crippen LogP contribution in [0.3, 0.4) is 0 Å². The highest BCUT2D eigenvalue weighted by molar-refractivity contribution is 7.91. The van der Waals surface area contributed by atoms with Gasteiger partial charge in [-0.2, -0.15) is 0 Å². The number of rotatable bonds is 5. The molecule has 148 valence electrons. The first kappa shape index (κ1) is 19.9. The summed E-state index contributed by atoms with van der Waals surface area (Å²) in [6.07, 6.45) is 4.72. The first-order valence-corrected chi connectivity index (χ1v) is 11.4. The van der Waals surface area contributed by atoms with Crippen LogP contribution in [0.2, 0.25) is 0 Å². The number of benzene rings is 1. The summed E-state index contributed by atoms with van der Waals surface area (Å²) in [5, 5.41) is 0. The van der Waals surface area contributed by atoms with Crippen molar-refractivity contribution in [2.24, 2.45) is 0 Å². The molecule has 27 heavy (non-hydrogen) atoms. The van der Waals surface area contributed by atoms with Gasteiger partial charge < -0.3 is 9.80 Å². The lowest BCUT2D eigenvalue weighted by molar-refractivity contribution is -0.134. The summed E-state index contributed by atoms with van der Waals surface area (Å²) >= 11 is 0. The Kier molecular flexibility index (Phi) is 5.89. The number of hydrogen-bond donors (Lipinski definition) is 0. The van der Waals surface area contributed by atoms with Crippen LogP contribution in [0.4, 0.5) is 5.69 Å². The second kappa shape index (κ2) is 8.00. The Hall–Kier alpha value is -1.89. The smallest absolute Gasteiger partial charge is 0.223 e. The molecule has 0 N–H and O–H groups in total. The van der Waals surface area contributed by atoms with E-state index in [2.05, 4.69) is 6.92 Å². The summed E-state index contributed by atoms with van der Waals surface area (Å²) in [7, 11) is -3.53.